The average Bonchev–Trinajstić information content (AvgIpc) is 3.36. The largest absolute Gasteiger partial charge is 0.494 e. The number of hydrogen-bond donors (Lipinski definition) is 1. The minimum Gasteiger partial charge on any atom is -0.494 e. The molecular weight excluding hydrogens is 384 g/mol. The molecule has 1 atom stereocenters. The molecule has 1 aliphatic heterocycles. The summed E-state index contributed by atoms with van der Waals surface area (Å²) < 4.78 is 10.4. The summed E-state index contributed by atoms with van der Waals surface area (Å²) >= 11 is 0. The molecule has 0 radical (unpaired) electrons. The molecule has 8 nitrogen and oxygen atoms in total. The predicted molar refractivity (Wildman–Crippen MR) is 111 cm³/mol. The van der Waals surface area contributed by atoms with Gasteiger partial charge in [0.2, 0.25) is 23.5 Å². The quantitative estimate of drug-likeness (QED) is 0.674. The van der Waals surface area contributed by atoms with Gasteiger partial charge in [0.25, 0.3) is 0 Å². The lowest BCUT2D eigenvalue weighted by Crippen LogP contribution is -2.28. The monoisotopic (exact) mass is 406 g/mol. The number of carbonyl (C=O) groups excluding carboxylic acids is 2. The van der Waals surface area contributed by atoms with Gasteiger partial charge >= 0.3 is 0 Å². The highest BCUT2D eigenvalue weighted by Crippen LogP contribution is 2.29. The van der Waals surface area contributed by atoms with Gasteiger partial charge in [0, 0.05) is 36.8 Å². The zero-order valence-corrected chi connectivity index (χ0v) is 16.8. The van der Waals surface area contributed by atoms with E-state index in [9.17, 15) is 9.59 Å². The molecule has 2 heterocycles. The molecular formula is C22H22N4O4. The van der Waals surface area contributed by atoms with E-state index in [1.165, 1.54) is 0 Å². The predicted octanol–water partition coefficient (Wildman–Crippen LogP) is 3.44. The highest BCUT2D eigenvalue weighted by molar-refractivity contribution is 6.03. The van der Waals surface area contributed by atoms with Crippen LogP contribution in [0, 0.1) is 12.8 Å². The van der Waals surface area contributed by atoms with E-state index in [4.69, 9.17) is 9.26 Å². The Balaban J connectivity index is 1.44. The topological polar surface area (TPSA) is 97.6 Å². The van der Waals surface area contributed by atoms with E-state index in [2.05, 4.69) is 15.5 Å². The molecule has 0 aliphatic carbocycles. The van der Waals surface area contributed by atoms with Gasteiger partial charge in [-0.25, -0.2) is 0 Å². The Labute approximate surface area is 173 Å². The molecule has 1 aliphatic rings. The zero-order valence-electron chi connectivity index (χ0n) is 16.8. The molecule has 30 heavy (non-hydrogen) atoms. The lowest BCUT2D eigenvalue weighted by atomic mass is 10.1. The maximum Gasteiger partial charge on any atom is 0.229 e. The smallest absolute Gasteiger partial charge is 0.229 e. The summed E-state index contributed by atoms with van der Waals surface area (Å²) in [7, 11) is 0. The van der Waals surface area contributed by atoms with Crippen molar-refractivity contribution >= 4 is 23.2 Å². The number of nitrogens with one attached hydrogen (secondary N) is 1. The second kappa shape index (κ2) is 8.36. The van der Waals surface area contributed by atoms with Crippen LogP contribution in [-0.4, -0.2) is 35.1 Å². The number of anilines is 2. The molecule has 154 valence electrons. The standard InChI is InChI=1S/C22H22N4O4/c1-3-29-19-9-7-17(8-10-19)24-22(28)16-12-20(27)26(13-16)18-6-4-5-15(11-18)21-23-14(2)30-25-21/h4-11,16H,3,12-13H2,1-2H3,(H,24,28). The third-order valence-corrected chi connectivity index (χ3v) is 4.87. The molecule has 2 amide bonds. The number of ether oxygens (including phenoxy) is 1. The number of aryl methyl sites for hydroxylation is 1. The van der Waals surface area contributed by atoms with Crippen molar-refractivity contribution in [2.45, 2.75) is 20.3 Å². The van der Waals surface area contributed by atoms with Crippen LogP contribution >= 0.6 is 0 Å². The van der Waals surface area contributed by atoms with E-state index < -0.39 is 5.92 Å². The van der Waals surface area contributed by atoms with E-state index in [1.807, 2.05) is 31.2 Å². The van der Waals surface area contributed by atoms with Gasteiger partial charge < -0.3 is 19.5 Å². The number of amides is 2. The first-order valence-corrected chi connectivity index (χ1v) is 9.78. The maximum absolute atomic E-state index is 12.7. The Bertz CT molecular complexity index is 1060. The summed E-state index contributed by atoms with van der Waals surface area (Å²) in [6.45, 7) is 4.53. The van der Waals surface area contributed by atoms with Crippen molar-refractivity contribution in [3.05, 3.63) is 54.4 Å². The number of rotatable bonds is 6. The van der Waals surface area contributed by atoms with E-state index in [1.54, 1.807) is 36.1 Å². The van der Waals surface area contributed by atoms with Crippen molar-refractivity contribution in [2.24, 2.45) is 5.92 Å². The summed E-state index contributed by atoms with van der Waals surface area (Å²) in [5.41, 5.74) is 2.12. The molecule has 0 saturated carbocycles. The molecule has 4 rings (SSSR count). The van der Waals surface area contributed by atoms with Gasteiger partial charge in [-0.1, -0.05) is 17.3 Å². The first-order valence-electron chi connectivity index (χ1n) is 9.78. The van der Waals surface area contributed by atoms with Crippen LogP contribution in [0.4, 0.5) is 11.4 Å². The van der Waals surface area contributed by atoms with E-state index in [-0.39, 0.29) is 18.2 Å². The Hall–Kier alpha value is -3.68. The molecule has 1 aromatic heterocycles. The van der Waals surface area contributed by atoms with Crippen molar-refractivity contribution in [1.29, 1.82) is 0 Å². The number of aromatic nitrogens is 2. The Morgan fingerprint density at radius 2 is 2.07 bits per heavy atom. The number of carbonyl (C=O) groups is 2. The van der Waals surface area contributed by atoms with Crippen LogP contribution in [0.2, 0.25) is 0 Å². The minimum atomic E-state index is -0.430. The van der Waals surface area contributed by atoms with Crippen LogP contribution < -0.4 is 15.0 Å². The fourth-order valence-electron chi connectivity index (χ4n) is 3.41. The van der Waals surface area contributed by atoms with Crippen LogP contribution in [0.3, 0.4) is 0 Å². The van der Waals surface area contributed by atoms with Gasteiger partial charge in [-0.3, -0.25) is 9.59 Å². The summed E-state index contributed by atoms with van der Waals surface area (Å²) in [5.74, 6) is 0.974. The van der Waals surface area contributed by atoms with Crippen molar-refractivity contribution in [3.8, 4) is 17.1 Å². The summed E-state index contributed by atoms with van der Waals surface area (Å²) in [4.78, 5) is 31.1. The minimum absolute atomic E-state index is 0.0942. The Kier molecular flexibility index (Phi) is 5.47. The van der Waals surface area contributed by atoms with Gasteiger partial charge in [0.05, 0.1) is 12.5 Å². The second-order valence-corrected chi connectivity index (χ2v) is 7.04. The third-order valence-electron chi connectivity index (χ3n) is 4.87. The molecule has 1 saturated heterocycles. The first-order chi connectivity index (χ1) is 14.5. The fourth-order valence-corrected chi connectivity index (χ4v) is 3.41. The van der Waals surface area contributed by atoms with Crippen LogP contribution in [0.15, 0.2) is 53.1 Å². The summed E-state index contributed by atoms with van der Waals surface area (Å²) in [5, 5.41) is 6.80. The highest BCUT2D eigenvalue weighted by atomic mass is 16.5. The second-order valence-electron chi connectivity index (χ2n) is 7.04. The van der Waals surface area contributed by atoms with Crippen LogP contribution in [0.1, 0.15) is 19.2 Å². The van der Waals surface area contributed by atoms with Crippen LogP contribution in [-0.2, 0) is 9.59 Å². The summed E-state index contributed by atoms with van der Waals surface area (Å²) in [6.07, 6.45) is 0.161. The van der Waals surface area contributed by atoms with Crippen LogP contribution in [0.25, 0.3) is 11.4 Å². The maximum atomic E-state index is 12.7. The molecule has 8 heteroatoms. The molecule has 0 bridgehead atoms. The normalized spacial score (nSPS) is 16.0. The zero-order chi connectivity index (χ0) is 21.1. The van der Waals surface area contributed by atoms with E-state index in [0.717, 1.165) is 11.3 Å². The number of benzene rings is 2. The molecule has 3 aromatic rings. The van der Waals surface area contributed by atoms with Gasteiger partial charge in [-0.15, -0.1) is 0 Å². The Morgan fingerprint density at radius 3 is 2.77 bits per heavy atom. The molecule has 2 aromatic carbocycles. The lowest BCUT2D eigenvalue weighted by molar-refractivity contribution is -0.122. The lowest BCUT2D eigenvalue weighted by Gasteiger charge is -2.17. The van der Waals surface area contributed by atoms with Crippen LogP contribution in [0.5, 0.6) is 5.75 Å². The van der Waals surface area contributed by atoms with Gasteiger partial charge in [0.15, 0.2) is 0 Å². The van der Waals surface area contributed by atoms with E-state index in [0.29, 0.717) is 36.2 Å². The van der Waals surface area contributed by atoms with Gasteiger partial charge in [0.1, 0.15) is 5.75 Å². The molecule has 1 N–H and O–H groups in total. The summed E-state index contributed by atoms with van der Waals surface area (Å²) in [6, 6.07) is 14.5. The highest BCUT2D eigenvalue weighted by Gasteiger charge is 2.35. The van der Waals surface area contributed by atoms with Crippen molar-refractivity contribution < 1.29 is 18.8 Å². The van der Waals surface area contributed by atoms with Gasteiger partial charge in [-0.05, 0) is 43.3 Å². The molecule has 1 unspecified atom stereocenters. The Morgan fingerprint density at radius 1 is 1.27 bits per heavy atom. The SMILES string of the molecule is CCOc1ccc(NC(=O)C2CC(=O)N(c3cccc(-c4noc(C)n4)c3)C2)cc1. The van der Waals surface area contributed by atoms with Crippen molar-refractivity contribution in [2.75, 3.05) is 23.4 Å². The number of nitrogens with zero attached hydrogens (tertiary/aromatic N) is 3. The first kappa shape index (κ1) is 19.6. The fraction of sp³-hybridized carbons (Fsp3) is 0.273. The van der Waals surface area contributed by atoms with Gasteiger partial charge in [-0.2, -0.15) is 4.98 Å². The number of hydrogen-bond acceptors (Lipinski definition) is 6. The average molecular weight is 406 g/mol. The molecule has 1 fully saturated rings. The molecule has 0 spiro atoms. The van der Waals surface area contributed by atoms with Crippen molar-refractivity contribution in [3.63, 3.8) is 0 Å². The third kappa shape index (κ3) is 4.17. The van der Waals surface area contributed by atoms with Crippen molar-refractivity contribution in [1.82, 2.24) is 10.1 Å². The van der Waals surface area contributed by atoms with E-state index >= 15 is 0 Å².